The first-order chi connectivity index (χ1) is 10.3. The number of rotatable bonds is 11. The van der Waals surface area contributed by atoms with Crippen molar-refractivity contribution in [3.63, 3.8) is 0 Å². The molecule has 0 aliphatic carbocycles. The van der Waals surface area contributed by atoms with Crippen LogP contribution in [-0.2, 0) is 11.2 Å². The summed E-state index contributed by atoms with van der Waals surface area (Å²) in [5.74, 6) is -0.0677. The molecular formula is C18H26N2O. The third-order valence-corrected chi connectivity index (χ3v) is 3.23. The van der Waals surface area contributed by atoms with Crippen LogP contribution in [0.1, 0.15) is 50.5 Å². The Morgan fingerprint density at radius 3 is 2.43 bits per heavy atom. The minimum Gasteiger partial charge on any atom is -0.273 e. The maximum atomic E-state index is 11.6. The molecule has 3 nitrogen and oxygen atoms in total. The Kier molecular flexibility index (Phi) is 9.71. The number of hydrogen-bond donors (Lipinski definition) is 1. The molecule has 114 valence electrons. The molecule has 0 fully saturated rings. The van der Waals surface area contributed by atoms with Crippen molar-refractivity contribution in [2.24, 2.45) is 5.10 Å². The molecule has 0 heterocycles. The number of allylic oxidation sites excluding steroid dienone is 1. The van der Waals surface area contributed by atoms with Crippen LogP contribution in [0.2, 0.25) is 0 Å². The van der Waals surface area contributed by atoms with Crippen molar-refractivity contribution in [1.82, 2.24) is 5.43 Å². The summed E-state index contributed by atoms with van der Waals surface area (Å²) >= 11 is 0. The maximum Gasteiger partial charge on any atom is 0.244 e. The summed E-state index contributed by atoms with van der Waals surface area (Å²) in [6.07, 6.45) is 12.3. The van der Waals surface area contributed by atoms with Crippen molar-refractivity contribution >= 4 is 12.1 Å². The molecule has 0 saturated carbocycles. The first-order valence-corrected chi connectivity index (χ1v) is 7.78. The van der Waals surface area contributed by atoms with Crippen LogP contribution in [0.4, 0.5) is 0 Å². The SMILES string of the molecule is C=CCCCCCCCC=NNC(=O)Cc1ccccc1. The van der Waals surface area contributed by atoms with Crippen molar-refractivity contribution in [3.8, 4) is 0 Å². The topological polar surface area (TPSA) is 41.5 Å². The van der Waals surface area contributed by atoms with Crippen LogP contribution in [-0.4, -0.2) is 12.1 Å². The van der Waals surface area contributed by atoms with E-state index in [4.69, 9.17) is 0 Å². The van der Waals surface area contributed by atoms with E-state index in [1.165, 1.54) is 25.7 Å². The van der Waals surface area contributed by atoms with E-state index in [1.54, 1.807) is 6.21 Å². The van der Waals surface area contributed by atoms with Gasteiger partial charge in [-0.25, -0.2) is 5.43 Å². The Bertz CT molecular complexity index is 426. The highest BCUT2D eigenvalue weighted by Crippen LogP contribution is 2.06. The van der Waals surface area contributed by atoms with Gasteiger partial charge in [-0.1, -0.05) is 55.7 Å². The number of carbonyl (C=O) groups excluding carboxylic acids is 1. The smallest absolute Gasteiger partial charge is 0.244 e. The molecule has 1 aromatic carbocycles. The summed E-state index contributed by atoms with van der Waals surface area (Å²) in [5.41, 5.74) is 3.57. The van der Waals surface area contributed by atoms with E-state index in [0.29, 0.717) is 6.42 Å². The lowest BCUT2D eigenvalue weighted by Crippen LogP contribution is -2.19. The zero-order valence-electron chi connectivity index (χ0n) is 12.8. The molecule has 0 unspecified atom stereocenters. The predicted octanol–water partition coefficient (Wildman–Crippen LogP) is 4.25. The van der Waals surface area contributed by atoms with Gasteiger partial charge in [-0.3, -0.25) is 4.79 Å². The Labute approximate surface area is 128 Å². The number of amides is 1. The molecule has 1 N–H and O–H groups in total. The highest BCUT2D eigenvalue weighted by Gasteiger charge is 2.00. The number of hydrazone groups is 1. The molecule has 0 radical (unpaired) electrons. The van der Waals surface area contributed by atoms with Gasteiger partial charge in [-0.15, -0.1) is 6.58 Å². The number of carbonyl (C=O) groups is 1. The van der Waals surface area contributed by atoms with E-state index in [-0.39, 0.29) is 5.91 Å². The fourth-order valence-corrected chi connectivity index (χ4v) is 2.06. The van der Waals surface area contributed by atoms with Gasteiger partial charge < -0.3 is 0 Å². The lowest BCUT2D eigenvalue weighted by molar-refractivity contribution is -0.120. The van der Waals surface area contributed by atoms with Gasteiger partial charge in [0, 0.05) is 6.21 Å². The van der Waals surface area contributed by atoms with Crippen LogP contribution < -0.4 is 5.43 Å². The third kappa shape index (κ3) is 9.61. The van der Waals surface area contributed by atoms with Gasteiger partial charge in [0.05, 0.1) is 6.42 Å². The minimum absolute atomic E-state index is 0.0677. The number of unbranched alkanes of at least 4 members (excludes halogenated alkanes) is 6. The van der Waals surface area contributed by atoms with Crippen LogP contribution in [0.15, 0.2) is 48.1 Å². The molecule has 0 aliphatic heterocycles. The van der Waals surface area contributed by atoms with Gasteiger partial charge in [0.2, 0.25) is 5.91 Å². The second kappa shape index (κ2) is 11.9. The average molecular weight is 286 g/mol. The molecule has 0 bridgehead atoms. The monoisotopic (exact) mass is 286 g/mol. The number of nitrogens with zero attached hydrogens (tertiary/aromatic N) is 1. The van der Waals surface area contributed by atoms with Gasteiger partial charge in [-0.05, 0) is 31.2 Å². The van der Waals surface area contributed by atoms with E-state index in [1.807, 2.05) is 36.4 Å². The Hall–Kier alpha value is -1.90. The summed E-state index contributed by atoms with van der Waals surface area (Å²) in [4.78, 5) is 11.6. The standard InChI is InChI=1S/C18H26N2O/c1-2-3-4-5-6-7-8-12-15-19-20-18(21)16-17-13-10-9-11-14-17/h2,9-11,13-15H,1,3-8,12,16H2,(H,20,21). The van der Waals surface area contributed by atoms with Crippen LogP contribution >= 0.6 is 0 Å². The van der Waals surface area contributed by atoms with E-state index in [9.17, 15) is 4.79 Å². The van der Waals surface area contributed by atoms with Crippen molar-refractivity contribution in [2.45, 2.75) is 51.4 Å². The summed E-state index contributed by atoms with van der Waals surface area (Å²) in [6, 6.07) is 9.68. The lowest BCUT2D eigenvalue weighted by Gasteiger charge is -2.00. The fraction of sp³-hybridized carbons (Fsp3) is 0.444. The van der Waals surface area contributed by atoms with E-state index in [2.05, 4.69) is 17.1 Å². The van der Waals surface area contributed by atoms with Crippen LogP contribution in [0, 0.1) is 0 Å². The fourth-order valence-electron chi connectivity index (χ4n) is 2.06. The number of benzene rings is 1. The summed E-state index contributed by atoms with van der Waals surface area (Å²) < 4.78 is 0. The minimum atomic E-state index is -0.0677. The van der Waals surface area contributed by atoms with Crippen molar-refractivity contribution in [1.29, 1.82) is 0 Å². The molecule has 21 heavy (non-hydrogen) atoms. The largest absolute Gasteiger partial charge is 0.273 e. The van der Waals surface area contributed by atoms with Crippen LogP contribution in [0.5, 0.6) is 0 Å². The van der Waals surface area contributed by atoms with Gasteiger partial charge in [0.15, 0.2) is 0 Å². The summed E-state index contributed by atoms with van der Waals surface area (Å²) in [7, 11) is 0. The third-order valence-electron chi connectivity index (χ3n) is 3.23. The Morgan fingerprint density at radius 2 is 1.71 bits per heavy atom. The molecule has 1 amide bonds. The highest BCUT2D eigenvalue weighted by molar-refractivity contribution is 5.79. The van der Waals surface area contributed by atoms with Gasteiger partial charge >= 0.3 is 0 Å². The first-order valence-electron chi connectivity index (χ1n) is 7.78. The lowest BCUT2D eigenvalue weighted by atomic mass is 10.1. The predicted molar refractivity (Wildman–Crippen MR) is 89.3 cm³/mol. The van der Waals surface area contributed by atoms with Crippen molar-refractivity contribution in [2.75, 3.05) is 0 Å². The molecule has 0 aliphatic rings. The first kappa shape index (κ1) is 17.2. The Balaban J connectivity index is 1.99. The van der Waals surface area contributed by atoms with Crippen molar-refractivity contribution in [3.05, 3.63) is 48.6 Å². The van der Waals surface area contributed by atoms with E-state index in [0.717, 1.165) is 24.8 Å². The molecular weight excluding hydrogens is 260 g/mol. The van der Waals surface area contributed by atoms with E-state index < -0.39 is 0 Å². The molecule has 0 saturated heterocycles. The highest BCUT2D eigenvalue weighted by atomic mass is 16.2. The molecule has 0 aromatic heterocycles. The average Bonchev–Trinajstić information content (AvgIpc) is 2.50. The van der Waals surface area contributed by atoms with Crippen LogP contribution in [0.3, 0.4) is 0 Å². The molecule has 1 rings (SSSR count). The molecule has 0 atom stereocenters. The number of nitrogens with one attached hydrogen (secondary N) is 1. The zero-order chi connectivity index (χ0) is 15.2. The molecule has 1 aromatic rings. The van der Waals surface area contributed by atoms with Gasteiger partial charge in [0.25, 0.3) is 0 Å². The van der Waals surface area contributed by atoms with Crippen LogP contribution in [0.25, 0.3) is 0 Å². The second-order valence-electron chi connectivity index (χ2n) is 5.14. The Morgan fingerprint density at radius 1 is 1.05 bits per heavy atom. The summed E-state index contributed by atoms with van der Waals surface area (Å²) in [6.45, 7) is 3.72. The quantitative estimate of drug-likeness (QED) is 0.281. The molecule has 0 spiro atoms. The van der Waals surface area contributed by atoms with Gasteiger partial charge in [-0.2, -0.15) is 5.10 Å². The second-order valence-corrected chi connectivity index (χ2v) is 5.14. The van der Waals surface area contributed by atoms with Crippen molar-refractivity contribution < 1.29 is 4.79 Å². The summed E-state index contributed by atoms with van der Waals surface area (Å²) in [5, 5.41) is 3.98. The molecule has 3 heteroatoms. The maximum absolute atomic E-state index is 11.6. The normalized spacial score (nSPS) is 10.7. The van der Waals surface area contributed by atoms with Gasteiger partial charge in [0.1, 0.15) is 0 Å². The number of hydrogen-bond acceptors (Lipinski definition) is 2. The zero-order valence-corrected chi connectivity index (χ0v) is 12.8. The van der Waals surface area contributed by atoms with E-state index >= 15 is 0 Å².